The van der Waals surface area contributed by atoms with Crippen molar-refractivity contribution in [3.05, 3.63) is 47.2 Å². The van der Waals surface area contributed by atoms with Crippen molar-refractivity contribution in [1.82, 2.24) is 0 Å². The van der Waals surface area contributed by atoms with Crippen LogP contribution >= 0.6 is 0 Å². The predicted octanol–water partition coefficient (Wildman–Crippen LogP) is 5.53. The average molecular weight is 345 g/mol. The van der Waals surface area contributed by atoms with Gasteiger partial charge < -0.3 is 4.43 Å². The molecule has 4 heteroatoms. The third kappa shape index (κ3) is 4.90. The summed E-state index contributed by atoms with van der Waals surface area (Å²) in [5, 5.41) is 0. The van der Waals surface area contributed by atoms with Crippen molar-refractivity contribution in [3.8, 4) is 0 Å². The number of Topliss-reactive ketones (excluding diaryl/α,β-unsaturated/α-hetero) is 1. The van der Waals surface area contributed by atoms with Gasteiger partial charge >= 0.3 is 0 Å². The number of rotatable bonds is 9. The second-order valence-corrected chi connectivity index (χ2v) is 11.4. The first kappa shape index (κ1) is 18.7. The van der Waals surface area contributed by atoms with Crippen molar-refractivity contribution in [1.29, 1.82) is 0 Å². The molecular weight excluding hydrogens is 316 g/mol. The van der Waals surface area contributed by atoms with Crippen molar-refractivity contribution in [2.24, 2.45) is 0 Å². The first-order chi connectivity index (χ1) is 11.4. The molecule has 0 fully saturated rings. The maximum atomic E-state index is 12.6. The highest BCUT2D eigenvalue weighted by atomic mass is 28.4. The average Bonchev–Trinajstić information content (AvgIpc) is 2.55. The maximum absolute atomic E-state index is 12.6. The molecular formula is C20H28O3Si. The lowest BCUT2D eigenvalue weighted by atomic mass is 9.94. The van der Waals surface area contributed by atoms with Gasteiger partial charge in [-0.25, -0.2) is 0 Å². The zero-order valence-corrected chi connectivity index (χ0v) is 16.1. The SMILES string of the molecule is CCCCCCCC[Si](C)(C)OC1=CC(=O)c2ccccc2C1=O. The van der Waals surface area contributed by atoms with Crippen LogP contribution in [0.15, 0.2) is 36.1 Å². The van der Waals surface area contributed by atoms with Crippen LogP contribution in [0.3, 0.4) is 0 Å². The lowest BCUT2D eigenvalue weighted by molar-refractivity contribution is 0.0944. The van der Waals surface area contributed by atoms with Crippen LogP contribution in [0.4, 0.5) is 0 Å². The Morgan fingerprint density at radius 2 is 1.54 bits per heavy atom. The Morgan fingerprint density at radius 1 is 0.917 bits per heavy atom. The molecule has 0 saturated carbocycles. The van der Waals surface area contributed by atoms with Gasteiger partial charge in [-0.1, -0.05) is 69.7 Å². The molecule has 0 heterocycles. The molecule has 0 N–H and O–H groups in total. The van der Waals surface area contributed by atoms with Crippen molar-refractivity contribution >= 4 is 19.9 Å². The molecule has 0 aromatic heterocycles. The van der Waals surface area contributed by atoms with E-state index in [1.807, 2.05) is 0 Å². The van der Waals surface area contributed by atoms with E-state index in [2.05, 4.69) is 20.0 Å². The Morgan fingerprint density at radius 3 is 2.25 bits per heavy atom. The number of carbonyl (C=O) groups excluding carboxylic acids is 2. The number of fused-ring (bicyclic) bond motifs is 1. The van der Waals surface area contributed by atoms with Crippen LogP contribution in [0, 0.1) is 0 Å². The fourth-order valence-electron chi connectivity index (χ4n) is 3.05. The molecule has 1 aromatic carbocycles. The smallest absolute Gasteiger partial charge is 0.245 e. The van der Waals surface area contributed by atoms with Crippen molar-refractivity contribution < 1.29 is 14.0 Å². The zero-order chi connectivity index (χ0) is 17.6. The van der Waals surface area contributed by atoms with Gasteiger partial charge in [0, 0.05) is 17.2 Å². The number of allylic oxidation sites excluding steroid dienone is 2. The van der Waals surface area contributed by atoms with Gasteiger partial charge in [-0.05, 0) is 19.1 Å². The summed E-state index contributed by atoms with van der Waals surface area (Å²) in [5.74, 6) is -0.0559. The van der Waals surface area contributed by atoms with E-state index in [1.54, 1.807) is 24.3 Å². The van der Waals surface area contributed by atoms with Gasteiger partial charge in [-0.2, -0.15) is 0 Å². The van der Waals surface area contributed by atoms with Crippen LogP contribution in [0.1, 0.15) is 66.2 Å². The van der Waals surface area contributed by atoms with Crippen molar-refractivity contribution in [3.63, 3.8) is 0 Å². The number of carbonyl (C=O) groups is 2. The van der Waals surface area contributed by atoms with Crippen LogP contribution in [0.2, 0.25) is 19.1 Å². The molecule has 0 amide bonds. The Kier molecular flexibility index (Phi) is 6.55. The second-order valence-electron chi connectivity index (χ2n) is 7.13. The van der Waals surface area contributed by atoms with Crippen LogP contribution in [0.5, 0.6) is 0 Å². The lowest BCUT2D eigenvalue weighted by Gasteiger charge is -2.27. The molecule has 2 rings (SSSR count). The van der Waals surface area contributed by atoms with E-state index in [-0.39, 0.29) is 17.3 Å². The number of ketones is 2. The molecule has 1 aliphatic carbocycles. The van der Waals surface area contributed by atoms with Crippen LogP contribution in [-0.4, -0.2) is 19.9 Å². The monoisotopic (exact) mass is 344 g/mol. The summed E-state index contributed by atoms with van der Waals surface area (Å²) in [6.07, 6.45) is 8.86. The molecule has 1 aromatic rings. The largest absolute Gasteiger partial charge is 0.541 e. The maximum Gasteiger partial charge on any atom is 0.245 e. The highest BCUT2D eigenvalue weighted by Gasteiger charge is 2.32. The minimum absolute atomic E-state index is 0.135. The van der Waals surface area contributed by atoms with Crippen molar-refractivity contribution in [2.45, 2.75) is 64.6 Å². The quantitative estimate of drug-likeness (QED) is 0.437. The van der Waals surface area contributed by atoms with Crippen LogP contribution < -0.4 is 0 Å². The Labute approximate surface area is 146 Å². The summed E-state index contributed by atoms with van der Waals surface area (Å²) in [4.78, 5) is 24.8. The molecule has 0 radical (unpaired) electrons. The van der Waals surface area contributed by atoms with Gasteiger partial charge in [-0.15, -0.1) is 0 Å². The molecule has 0 aliphatic heterocycles. The Bertz CT molecular complexity index is 632. The highest BCUT2D eigenvalue weighted by Crippen LogP contribution is 2.26. The summed E-state index contributed by atoms with van der Waals surface area (Å²) < 4.78 is 6.08. The summed E-state index contributed by atoms with van der Waals surface area (Å²) in [6.45, 7) is 6.47. The molecule has 0 bridgehead atoms. The number of unbranched alkanes of at least 4 members (excludes halogenated alkanes) is 5. The molecule has 3 nitrogen and oxygen atoms in total. The number of hydrogen-bond acceptors (Lipinski definition) is 3. The third-order valence-corrected chi connectivity index (χ3v) is 6.77. The van der Waals surface area contributed by atoms with E-state index in [0.717, 1.165) is 12.5 Å². The van der Waals surface area contributed by atoms with Gasteiger partial charge in [0.1, 0.15) is 0 Å². The fourth-order valence-corrected chi connectivity index (χ4v) is 5.00. The van der Waals surface area contributed by atoms with Gasteiger partial charge in [0.05, 0.1) is 0 Å². The first-order valence-corrected chi connectivity index (χ1v) is 12.1. The topological polar surface area (TPSA) is 43.4 Å². The van der Waals surface area contributed by atoms with Gasteiger partial charge in [0.25, 0.3) is 0 Å². The fraction of sp³-hybridized carbons (Fsp3) is 0.500. The Balaban J connectivity index is 1.92. The van der Waals surface area contributed by atoms with E-state index in [0.29, 0.717) is 11.1 Å². The van der Waals surface area contributed by atoms with Crippen LogP contribution in [-0.2, 0) is 4.43 Å². The van der Waals surface area contributed by atoms with E-state index in [9.17, 15) is 9.59 Å². The molecule has 0 saturated heterocycles. The Hall–Kier alpha value is -1.68. The standard InChI is InChI=1S/C20H28O3Si/c1-4-5-6-7-8-11-14-24(2,3)23-19-15-18(21)16-12-9-10-13-17(16)20(19)22/h9-10,12-13,15H,4-8,11,14H2,1-3H3. The van der Waals surface area contributed by atoms with Crippen LogP contribution in [0.25, 0.3) is 0 Å². The molecule has 0 spiro atoms. The zero-order valence-electron chi connectivity index (χ0n) is 15.1. The summed E-state index contributed by atoms with van der Waals surface area (Å²) >= 11 is 0. The minimum atomic E-state index is -1.99. The van der Waals surface area contributed by atoms with Crippen molar-refractivity contribution in [2.75, 3.05) is 0 Å². The molecule has 0 unspecified atom stereocenters. The predicted molar refractivity (Wildman–Crippen MR) is 99.9 cm³/mol. The molecule has 1 aliphatic rings. The van der Waals surface area contributed by atoms with Gasteiger partial charge in [0.2, 0.25) is 14.1 Å². The van der Waals surface area contributed by atoms with Gasteiger partial charge in [-0.3, -0.25) is 9.59 Å². The lowest BCUT2D eigenvalue weighted by Crippen LogP contribution is -2.33. The third-order valence-electron chi connectivity index (χ3n) is 4.44. The summed E-state index contributed by atoms with van der Waals surface area (Å²) in [7, 11) is -1.99. The minimum Gasteiger partial charge on any atom is -0.541 e. The molecule has 24 heavy (non-hydrogen) atoms. The molecule has 0 atom stereocenters. The van der Waals surface area contributed by atoms with E-state index in [4.69, 9.17) is 4.43 Å². The van der Waals surface area contributed by atoms with E-state index in [1.165, 1.54) is 38.2 Å². The first-order valence-electron chi connectivity index (χ1n) is 9.03. The second kappa shape index (κ2) is 8.43. The normalized spacial score (nSPS) is 14.4. The summed E-state index contributed by atoms with van der Waals surface area (Å²) in [5.41, 5.74) is 0.939. The molecule has 130 valence electrons. The van der Waals surface area contributed by atoms with Gasteiger partial charge in [0.15, 0.2) is 11.5 Å². The van der Waals surface area contributed by atoms with E-state index < -0.39 is 8.32 Å². The summed E-state index contributed by atoms with van der Waals surface area (Å²) in [6, 6.07) is 7.97. The van der Waals surface area contributed by atoms with E-state index >= 15 is 0 Å². The highest BCUT2D eigenvalue weighted by molar-refractivity contribution is 6.71. The number of hydrogen-bond donors (Lipinski definition) is 0. The number of benzene rings is 1.